The molecule has 1 aliphatic rings. The van der Waals surface area contributed by atoms with E-state index in [2.05, 4.69) is 10.3 Å². The van der Waals surface area contributed by atoms with Gasteiger partial charge in [0.05, 0.1) is 6.61 Å². The Labute approximate surface area is 108 Å². The number of aliphatic hydroxyl groups is 1. The van der Waals surface area contributed by atoms with E-state index in [9.17, 15) is 5.11 Å². The summed E-state index contributed by atoms with van der Waals surface area (Å²) < 4.78 is 0. The quantitative estimate of drug-likeness (QED) is 0.854. The van der Waals surface area contributed by atoms with E-state index in [1.165, 1.54) is 19.3 Å². The van der Waals surface area contributed by atoms with Crippen LogP contribution in [0.3, 0.4) is 0 Å². The average Bonchev–Trinajstić information content (AvgIpc) is 2.46. The second-order valence-corrected chi connectivity index (χ2v) is 5.09. The normalized spacial score (nSPS) is 18.0. The summed E-state index contributed by atoms with van der Waals surface area (Å²) in [4.78, 5) is 4.19. The highest BCUT2D eigenvalue weighted by Crippen LogP contribution is 2.35. The molecule has 1 aromatic heterocycles. The monoisotopic (exact) mass is 245 g/mol. The highest BCUT2D eigenvalue weighted by molar-refractivity contribution is 5.38. The van der Waals surface area contributed by atoms with Gasteiger partial charge in [0.1, 0.15) is 17.6 Å². The molecule has 18 heavy (non-hydrogen) atoms. The van der Waals surface area contributed by atoms with Crippen LogP contribution in [0.25, 0.3) is 0 Å². The van der Waals surface area contributed by atoms with Gasteiger partial charge in [0.2, 0.25) is 0 Å². The van der Waals surface area contributed by atoms with Gasteiger partial charge >= 0.3 is 0 Å². The minimum absolute atomic E-state index is 0.0113. The lowest BCUT2D eigenvalue weighted by atomic mass is 9.74. The number of hydrogen-bond donors (Lipinski definition) is 2. The fraction of sp³-hybridized carbons (Fsp3) is 0.571. The van der Waals surface area contributed by atoms with Crippen molar-refractivity contribution in [3.8, 4) is 6.07 Å². The molecule has 96 valence electrons. The number of anilines is 1. The highest BCUT2D eigenvalue weighted by atomic mass is 16.3. The number of nitriles is 1. The van der Waals surface area contributed by atoms with E-state index in [1.54, 1.807) is 6.07 Å². The fourth-order valence-electron chi connectivity index (χ4n) is 2.57. The Hall–Kier alpha value is -1.60. The number of nitrogens with zero attached hydrogens (tertiary/aromatic N) is 2. The van der Waals surface area contributed by atoms with Crippen LogP contribution in [-0.4, -0.2) is 23.2 Å². The van der Waals surface area contributed by atoms with Gasteiger partial charge in [0.25, 0.3) is 0 Å². The van der Waals surface area contributed by atoms with Gasteiger partial charge in [-0.2, -0.15) is 5.26 Å². The van der Waals surface area contributed by atoms with E-state index in [0.29, 0.717) is 11.5 Å². The summed E-state index contributed by atoms with van der Waals surface area (Å²) in [7, 11) is 0. The minimum atomic E-state index is -0.0113. The first-order valence-corrected chi connectivity index (χ1v) is 6.50. The maximum atomic E-state index is 9.61. The molecule has 0 spiro atoms. The van der Waals surface area contributed by atoms with E-state index in [0.717, 1.165) is 19.4 Å². The van der Waals surface area contributed by atoms with Gasteiger partial charge in [0.15, 0.2) is 0 Å². The largest absolute Gasteiger partial charge is 0.396 e. The SMILES string of the molecule is N#Cc1cccc(NCC2(CO)CCCCC2)n1. The van der Waals surface area contributed by atoms with Crippen LogP contribution in [0.15, 0.2) is 18.2 Å². The first-order chi connectivity index (χ1) is 8.78. The summed E-state index contributed by atoms with van der Waals surface area (Å²) in [6.07, 6.45) is 5.77. The molecule has 1 fully saturated rings. The van der Waals surface area contributed by atoms with Crippen LogP contribution in [0.4, 0.5) is 5.82 Å². The Morgan fingerprint density at radius 1 is 1.33 bits per heavy atom. The lowest BCUT2D eigenvalue weighted by Gasteiger charge is -2.35. The maximum absolute atomic E-state index is 9.61. The molecule has 0 unspecified atom stereocenters. The van der Waals surface area contributed by atoms with E-state index in [1.807, 2.05) is 18.2 Å². The summed E-state index contributed by atoms with van der Waals surface area (Å²) in [5.74, 6) is 0.715. The second kappa shape index (κ2) is 5.83. The topological polar surface area (TPSA) is 68.9 Å². The number of aliphatic hydroxyl groups excluding tert-OH is 1. The summed E-state index contributed by atoms with van der Waals surface area (Å²) in [5, 5.41) is 21.7. The number of aromatic nitrogens is 1. The van der Waals surface area contributed by atoms with Crippen LogP contribution in [0.2, 0.25) is 0 Å². The predicted molar refractivity (Wildman–Crippen MR) is 70.0 cm³/mol. The molecule has 0 bridgehead atoms. The van der Waals surface area contributed by atoms with Crippen molar-refractivity contribution < 1.29 is 5.11 Å². The van der Waals surface area contributed by atoms with Crippen LogP contribution in [-0.2, 0) is 0 Å². The van der Waals surface area contributed by atoms with E-state index < -0.39 is 0 Å². The molecule has 0 aliphatic heterocycles. The third kappa shape index (κ3) is 2.99. The van der Waals surface area contributed by atoms with Crippen molar-refractivity contribution in [2.24, 2.45) is 5.41 Å². The molecule has 4 heteroatoms. The van der Waals surface area contributed by atoms with Crippen molar-refractivity contribution in [1.29, 1.82) is 5.26 Å². The van der Waals surface area contributed by atoms with Crippen LogP contribution in [0.5, 0.6) is 0 Å². The molecule has 1 aliphatic carbocycles. The predicted octanol–water partition coefficient (Wildman–Crippen LogP) is 2.31. The number of pyridine rings is 1. The zero-order valence-electron chi connectivity index (χ0n) is 10.5. The smallest absolute Gasteiger partial charge is 0.142 e. The molecule has 0 saturated heterocycles. The number of nitrogens with one attached hydrogen (secondary N) is 1. The van der Waals surface area contributed by atoms with Gasteiger partial charge < -0.3 is 10.4 Å². The molecule has 1 heterocycles. The van der Waals surface area contributed by atoms with Crippen molar-refractivity contribution in [3.63, 3.8) is 0 Å². The molecule has 0 aromatic carbocycles. The summed E-state index contributed by atoms with van der Waals surface area (Å²) in [5.41, 5.74) is 0.407. The first-order valence-electron chi connectivity index (χ1n) is 6.50. The molecular weight excluding hydrogens is 226 g/mol. The average molecular weight is 245 g/mol. The third-order valence-corrected chi connectivity index (χ3v) is 3.76. The number of rotatable bonds is 4. The Bertz CT molecular complexity index is 433. The Morgan fingerprint density at radius 3 is 2.78 bits per heavy atom. The molecule has 0 amide bonds. The van der Waals surface area contributed by atoms with Crippen LogP contribution >= 0.6 is 0 Å². The lowest BCUT2D eigenvalue weighted by molar-refractivity contribution is 0.0943. The Kier molecular flexibility index (Phi) is 4.16. The number of hydrogen-bond acceptors (Lipinski definition) is 4. The standard InChI is InChI=1S/C14H19N3O/c15-9-12-5-4-6-13(17-12)16-10-14(11-18)7-2-1-3-8-14/h4-6,18H,1-3,7-8,10-11H2,(H,16,17). The van der Waals surface area contributed by atoms with E-state index >= 15 is 0 Å². The molecule has 4 nitrogen and oxygen atoms in total. The summed E-state index contributed by atoms with van der Waals surface area (Å²) in [6.45, 7) is 0.948. The van der Waals surface area contributed by atoms with Gasteiger partial charge in [-0.25, -0.2) is 4.98 Å². The summed E-state index contributed by atoms with van der Waals surface area (Å²) >= 11 is 0. The van der Waals surface area contributed by atoms with Gasteiger partial charge in [-0.05, 0) is 25.0 Å². The minimum Gasteiger partial charge on any atom is -0.396 e. The Morgan fingerprint density at radius 2 is 2.11 bits per heavy atom. The van der Waals surface area contributed by atoms with Gasteiger partial charge in [-0.15, -0.1) is 0 Å². The third-order valence-electron chi connectivity index (χ3n) is 3.76. The zero-order chi connectivity index (χ0) is 12.8. The van der Waals surface area contributed by atoms with Crippen molar-refractivity contribution in [3.05, 3.63) is 23.9 Å². The van der Waals surface area contributed by atoms with Crippen LogP contribution in [0, 0.1) is 16.7 Å². The molecule has 1 aromatic rings. The van der Waals surface area contributed by atoms with Crippen molar-refractivity contribution in [2.75, 3.05) is 18.5 Å². The molecular formula is C14H19N3O. The first kappa shape index (κ1) is 12.8. The molecule has 0 radical (unpaired) electrons. The molecule has 0 atom stereocenters. The molecule has 1 saturated carbocycles. The lowest BCUT2D eigenvalue weighted by Crippen LogP contribution is -2.35. The van der Waals surface area contributed by atoms with Crippen molar-refractivity contribution >= 4 is 5.82 Å². The zero-order valence-corrected chi connectivity index (χ0v) is 10.5. The highest BCUT2D eigenvalue weighted by Gasteiger charge is 2.31. The maximum Gasteiger partial charge on any atom is 0.142 e. The second-order valence-electron chi connectivity index (χ2n) is 5.09. The van der Waals surface area contributed by atoms with E-state index in [4.69, 9.17) is 5.26 Å². The van der Waals surface area contributed by atoms with Crippen LogP contribution < -0.4 is 5.32 Å². The van der Waals surface area contributed by atoms with Crippen LogP contribution in [0.1, 0.15) is 37.8 Å². The van der Waals surface area contributed by atoms with Gasteiger partial charge in [0, 0.05) is 12.0 Å². The van der Waals surface area contributed by atoms with E-state index in [-0.39, 0.29) is 12.0 Å². The van der Waals surface area contributed by atoms with Gasteiger partial charge in [-0.1, -0.05) is 25.3 Å². The Balaban J connectivity index is 1.99. The molecule has 2 N–H and O–H groups in total. The van der Waals surface area contributed by atoms with Crippen molar-refractivity contribution in [1.82, 2.24) is 4.98 Å². The fourth-order valence-corrected chi connectivity index (χ4v) is 2.57. The van der Waals surface area contributed by atoms with Crippen molar-refractivity contribution in [2.45, 2.75) is 32.1 Å². The molecule has 2 rings (SSSR count). The van der Waals surface area contributed by atoms with Gasteiger partial charge in [-0.3, -0.25) is 0 Å². The summed E-state index contributed by atoms with van der Waals surface area (Å²) in [6, 6.07) is 7.39.